The maximum atomic E-state index is 8.94. The smallest absolute Gasteiger partial charge is 0.0651 e. The number of fused-ring (bicyclic) bond motifs is 3. The average Bonchev–Trinajstić information content (AvgIpc) is 2.68. The van der Waals surface area contributed by atoms with Gasteiger partial charge in [-0.05, 0) is 30.2 Å². The first-order valence-electron chi connectivity index (χ1n) is 5.33. The second-order valence-electron chi connectivity index (χ2n) is 3.90. The summed E-state index contributed by atoms with van der Waals surface area (Å²) in [6.07, 6.45) is 4.34. The van der Waals surface area contributed by atoms with E-state index >= 15 is 0 Å². The number of nitrogens with zero attached hydrogens (tertiary/aromatic N) is 1. The molecule has 0 aliphatic rings. The van der Waals surface area contributed by atoms with Crippen LogP contribution < -0.4 is 0 Å². The molecule has 1 aromatic carbocycles. The molecule has 0 radical (unpaired) electrons. The second kappa shape index (κ2) is 3.61. The van der Waals surface area contributed by atoms with Crippen LogP contribution in [0.2, 0.25) is 0 Å². The molecule has 2 aromatic heterocycles. The molecule has 0 amide bonds. The molecule has 3 aromatic rings. The molecule has 0 aliphatic heterocycles. The number of rotatable bonds is 2. The number of aromatic amines is 1. The highest BCUT2D eigenvalue weighted by Crippen LogP contribution is 2.25. The molecule has 0 saturated carbocycles. The average molecular weight is 212 g/mol. The van der Waals surface area contributed by atoms with Gasteiger partial charge in [0, 0.05) is 29.1 Å². The van der Waals surface area contributed by atoms with Gasteiger partial charge >= 0.3 is 0 Å². The predicted molar refractivity (Wildman–Crippen MR) is 64.4 cm³/mol. The van der Waals surface area contributed by atoms with Gasteiger partial charge in [0.05, 0.1) is 11.7 Å². The van der Waals surface area contributed by atoms with Crippen LogP contribution in [-0.2, 0) is 6.42 Å². The van der Waals surface area contributed by atoms with E-state index in [1.54, 1.807) is 6.20 Å². The lowest BCUT2D eigenvalue weighted by Crippen LogP contribution is -1.89. The minimum atomic E-state index is 0.190. The van der Waals surface area contributed by atoms with Gasteiger partial charge in [-0.2, -0.15) is 0 Å². The van der Waals surface area contributed by atoms with Crippen molar-refractivity contribution >= 4 is 21.8 Å². The van der Waals surface area contributed by atoms with Crippen molar-refractivity contribution in [1.29, 1.82) is 0 Å². The second-order valence-corrected chi connectivity index (χ2v) is 3.90. The van der Waals surface area contributed by atoms with Gasteiger partial charge in [-0.3, -0.25) is 4.98 Å². The summed E-state index contributed by atoms with van der Waals surface area (Å²) in [7, 11) is 0. The Morgan fingerprint density at radius 3 is 2.94 bits per heavy atom. The molecule has 0 saturated heterocycles. The zero-order valence-corrected chi connectivity index (χ0v) is 8.77. The van der Waals surface area contributed by atoms with Gasteiger partial charge in [-0.15, -0.1) is 0 Å². The van der Waals surface area contributed by atoms with Crippen LogP contribution in [0, 0.1) is 0 Å². The van der Waals surface area contributed by atoms with Gasteiger partial charge in [0.2, 0.25) is 0 Å². The number of nitrogens with one attached hydrogen (secondary N) is 1. The van der Waals surface area contributed by atoms with E-state index in [2.05, 4.69) is 22.1 Å². The minimum Gasteiger partial charge on any atom is -0.396 e. The Bertz CT molecular complexity index is 643. The van der Waals surface area contributed by atoms with E-state index in [-0.39, 0.29) is 6.61 Å². The molecule has 0 atom stereocenters. The number of aliphatic hydroxyl groups is 1. The van der Waals surface area contributed by atoms with Crippen molar-refractivity contribution in [2.45, 2.75) is 6.42 Å². The van der Waals surface area contributed by atoms with Gasteiger partial charge < -0.3 is 10.1 Å². The molecular weight excluding hydrogens is 200 g/mol. The van der Waals surface area contributed by atoms with E-state index in [1.807, 2.05) is 18.3 Å². The molecule has 0 spiro atoms. The summed E-state index contributed by atoms with van der Waals surface area (Å²) in [5.41, 5.74) is 3.33. The van der Waals surface area contributed by atoms with E-state index < -0.39 is 0 Å². The van der Waals surface area contributed by atoms with Crippen LogP contribution in [0.3, 0.4) is 0 Å². The van der Waals surface area contributed by atoms with E-state index in [9.17, 15) is 0 Å². The number of H-pyrrole nitrogens is 1. The highest BCUT2D eigenvalue weighted by Gasteiger charge is 2.04. The maximum absolute atomic E-state index is 8.94. The highest BCUT2D eigenvalue weighted by molar-refractivity contribution is 6.06. The summed E-state index contributed by atoms with van der Waals surface area (Å²) < 4.78 is 0. The number of aliphatic hydroxyl groups excluding tert-OH is 1. The summed E-state index contributed by atoms with van der Waals surface area (Å²) in [4.78, 5) is 7.42. The fourth-order valence-corrected chi connectivity index (χ4v) is 2.08. The van der Waals surface area contributed by atoms with E-state index in [4.69, 9.17) is 5.11 Å². The number of pyridine rings is 1. The first-order chi connectivity index (χ1) is 7.88. The number of aromatic nitrogens is 2. The van der Waals surface area contributed by atoms with Gasteiger partial charge in [0.15, 0.2) is 0 Å². The molecule has 16 heavy (non-hydrogen) atoms. The lowest BCUT2D eigenvalue weighted by Gasteiger charge is -1.98. The van der Waals surface area contributed by atoms with E-state index in [1.165, 1.54) is 10.8 Å². The maximum Gasteiger partial charge on any atom is 0.0651 e. The minimum absolute atomic E-state index is 0.190. The van der Waals surface area contributed by atoms with Crippen molar-refractivity contribution in [3.8, 4) is 0 Å². The third-order valence-corrected chi connectivity index (χ3v) is 2.87. The molecule has 80 valence electrons. The lowest BCUT2D eigenvalue weighted by molar-refractivity contribution is 0.299. The molecule has 0 aliphatic carbocycles. The molecule has 3 nitrogen and oxygen atoms in total. The molecule has 3 heteroatoms. The Balaban J connectivity index is 2.31. The highest BCUT2D eigenvalue weighted by atomic mass is 16.2. The first-order valence-corrected chi connectivity index (χ1v) is 5.33. The van der Waals surface area contributed by atoms with Crippen LogP contribution in [0.15, 0.2) is 36.7 Å². The summed E-state index contributed by atoms with van der Waals surface area (Å²) >= 11 is 0. The molecule has 0 bridgehead atoms. The van der Waals surface area contributed by atoms with Crippen molar-refractivity contribution in [2.24, 2.45) is 0 Å². The Kier molecular flexibility index (Phi) is 2.11. The van der Waals surface area contributed by atoms with Gasteiger partial charge in [0.25, 0.3) is 0 Å². The third kappa shape index (κ3) is 1.37. The summed E-state index contributed by atoms with van der Waals surface area (Å²) in [5.74, 6) is 0. The normalized spacial score (nSPS) is 11.3. The fraction of sp³-hybridized carbons (Fsp3) is 0.154. The van der Waals surface area contributed by atoms with Crippen LogP contribution in [0.4, 0.5) is 0 Å². The van der Waals surface area contributed by atoms with Crippen LogP contribution >= 0.6 is 0 Å². The number of hydrogen-bond donors (Lipinski definition) is 2. The predicted octanol–water partition coefficient (Wildman–Crippen LogP) is 2.25. The van der Waals surface area contributed by atoms with Crippen molar-refractivity contribution in [1.82, 2.24) is 9.97 Å². The largest absolute Gasteiger partial charge is 0.396 e. The summed E-state index contributed by atoms with van der Waals surface area (Å²) in [5, 5.41) is 11.3. The van der Waals surface area contributed by atoms with Crippen molar-refractivity contribution in [3.63, 3.8) is 0 Å². The van der Waals surface area contributed by atoms with Crippen LogP contribution in [0.5, 0.6) is 0 Å². The van der Waals surface area contributed by atoms with Gasteiger partial charge in [-0.1, -0.05) is 6.07 Å². The topological polar surface area (TPSA) is 48.9 Å². The van der Waals surface area contributed by atoms with Crippen molar-refractivity contribution < 1.29 is 5.11 Å². The van der Waals surface area contributed by atoms with Crippen molar-refractivity contribution in [2.75, 3.05) is 6.61 Å². The first kappa shape index (κ1) is 9.36. The Hall–Kier alpha value is -1.87. The Morgan fingerprint density at radius 2 is 2.06 bits per heavy atom. The Labute approximate surface area is 92.7 Å². The van der Waals surface area contributed by atoms with Crippen LogP contribution in [0.25, 0.3) is 21.8 Å². The van der Waals surface area contributed by atoms with Gasteiger partial charge in [-0.25, -0.2) is 0 Å². The van der Waals surface area contributed by atoms with Gasteiger partial charge in [0.1, 0.15) is 0 Å². The Morgan fingerprint density at radius 1 is 1.12 bits per heavy atom. The number of hydrogen-bond acceptors (Lipinski definition) is 2. The molecule has 0 fully saturated rings. The van der Waals surface area contributed by atoms with E-state index in [0.717, 1.165) is 16.6 Å². The molecule has 2 N–H and O–H groups in total. The van der Waals surface area contributed by atoms with Crippen molar-refractivity contribution in [3.05, 3.63) is 42.2 Å². The molecule has 2 heterocycles. The van der Waals surface area contributed by atoms with Crippen LogP contribution in [0.1, 0.15) is 5.56 Å². The standard InChI is InChI=1S/C13H12N2O/c16-6-4-9-1-2-12-11(7-9)10-3-5-14-8-13(10)15-12/h1-3,5,7-8,15-16H,4,6H2. The quantitative estimate of drug-likeness (QED) is 0.684. The molecular formula is C13H12N2O. The fourth-order valence-electron chi connectivity index (χ4n) is 2.08. The zero-order chi connectivity index (χ0) is 11.0. The van der Waals surface area contributed by atoms with E-state index in [0.29, 0.717) is 6.42 Å². The molecule has 0 unspecified atom stereocenters. The van der Waals surface area contributed by atoms with Crippen LogP contribution in [-0.4, -0.2) is 21.7 Å². The number of benzene rings is 1. The molecule has 3 rings (SSSR count). The third-order valence-electron chi connectivity index (χ3n) is 2.87. The summed E-state index contributed by atoms with van der Waals surface area (Å²) in [6, 6.07) is 8.24. The lowest BCUT2D eigenvalue weighted by atomic mass is 10.1. The summed E-state index contributed by atoms with van der Waals surface area (Å²) in [6.45, 7) is 0.190. The monoisotopic (exact) mass is 212 g/mol. The zero-order valence-electron chi connectivity index (χ0n) is 8.77. The SMILES string of the molecule is OCCc1ccc2[nH]c3cnccc3c2c1.